The first-order valence-electron chi connectivity index (χ1n) is 3.23. The highest BCUT2D eigenvalue weighted by atomic mass is 31.1. The maximum atomic E-state index is 5.74. The molecule has 0 fully saturated rings. The minimum absolute atomic E-state index is 0.0414. The summed E-state index contributed by atoms with van der Waals surface area (Å²) in [6.07, 6.45) is 0. The van der Waals surface area contributed by atoms with Crippen LogP contribution >= 0.6 is 7.92 Å². The van der Waals surface area contributed by atoms with E-state index in [4.69, 9.17) is 5.73 Å². The maximum absolute atomic E-state index is 5.74. The largest absolute Gasteiger partial charge is 0.398 e. The minimum atomic E-state index is -0.0414. The first kappa shape index (κ1) is 7.56. The first-order valence-corrected chi connectivity index (χ1v) is 5.47. The second kappa shape index (κ2) is 3.03. The predicted octanol–water partition coefficient (Wildman–Crippen LogP) is 1.64. The number of anilines is 1. The molecular formula is C8H12NP. The summed E-state index contributed by atoms with van der Waals surface area (Å²) < 4.78 is 0. The fourth-order valence-corrected chi connectivity index (χ4v) is 1.87. The first-order chi connectivity index (χ1) is 4.72. The van der Waals surface area contributed by atoms with Crippen LogP contribution in [0.2, 0.25) is 0 Å². The summed E-state index contributed by atoms with van der Waals surface area (Å²) in [7, 11) is -0.0414. The van der Waals surface area contributed by atoms with Crippen molar-refractivity contribution in [3.63, 3.8) is 0 Å². The van der Waals surface area contributed by atoms with Crippen LogP contribution in [0.1, 0.15) is 0 Å². The van der Waals surface area contributed by atoms with Crippen molar-refractivity contribution >= 4 is 18.9 Å². The number of para-hydroxylation sites is 1. The summed E-state index contributed by atoms with van der Waals surface area (Å²) in [5, 5.41) is 1.30. The summed E-state index contributed by atoms with van der Waals surface area (Å²) in [5.41, 5.74) is 6.67. The van der Waals surface area contributed by atoms with Gasteiger partial charge in [-0.05, 0) is 24.7 Å². The SMILES string of the molecule is CP(C)c1ccccc1N. The average Bonchev–Trinajstić information content (AvgIpc) is 1.88. The molecule has 0 aliphatic carbocycles. The van der Waals surface area contributed by atoms with E-state index in [1.165, 1.54) is 5.30 Å². The van der Waals surface area contributed by atoms with Gasteiger partial charge < -0.3 is 5.73 Å². The fraction of sp³-hybridized carbons (Fsp3) is 0.250. The highest BCUT2D eigenvalue weighted by Crippen LogP contribution is 2.25. The number of benzene rings is 1. The Morgan fingerprint density at radius 2 is 1.80 bits per heavy atom. The highest BCUT2D eigenvalue weighted by Gasteiger charge is 1.99. The zero-order chi connectivity index (χ0) is 7.56. The molecule has 0 aliphatic heterocycles. The van der Waals surface area contributed by atoms with E-state index in [-0.39, 0.29) is 7.92 Å². The van der Waals surface area contributed by atoms with Gasteiger partial charge in [-0.3, -0.25) is 0 Å². The third-order valence-electron chi connectivity index (χ3n) is 1.42. The molecule has 0 bridgehead atoms. The van der Waals surface area contributed by atoms with Crippen LogP contribution in [-0.4, -0.2) is 13.3 Å². The summed E-state index contributed by atoms with van der Waals surface area (Å²) >= 11 is 0. The summed E-state index contributed by atoms with van der Waals surface area (Å²) in [5.74, 6) is 0. The zero-order valence-electron chi connectivity index (χ0n) is 6.33. The molecule has 0 atom stereocenters. The third kappa shape index (κ3) is 1.48. The molecule has 0 saturated carbocycles. The van der Waals surface area contributed by atoms with Crippen LogP contribution in [0, 0.1) is 0 Å². The molecule has 0 spiro atoms. The van der Waals surface area contributed by atoms with E-state index in [1.54, 1.807) is 0 Å². The molecule has 1 aromatic rings. The Hall–Kier alpha value is -0.550. The Labute approximate surface area is 63.0 Å². The monoisotopic (exact) mass is 153 g/mol. The van der Waals surface area contributed by atoms with Crippen molar-refractivity contribution < 1.29 is 0 Å². The number of nitrogens with two attached hydrogens (primary N) is 1. The van der Waals surface area contributed by atoms with E-state index in [1.807, 2.05) is 18.2 Å². The van der Waals surface area contributed by atoms with Crippen LogP contribution in [0.15, 0.2) is 24.3 Å². The molecule has 0 aromatic heterocycles. The molecule has 54 valence electrons. The van der Waals surface area contributed by atoms with Crippen molar-refractivity contribution in [2.45, 2.75) is 0 Å². The lowest BCUT2D eigenvalue weighted by atomic mass is 10.3. The van der Waals surface area contributed by atoms with E-state index in [0.29, 0.717) is 0 Å². The van der Waals surface area contributed by atoms with Crippen LogP contribution in [0.5, 0.6) is 0 Å². The third-order valence-corrected chi connectivity index (χ3v) is 2.79. The molecule has 0 saturated heterocycles. The minimum Gasteiger partial charge on any atom is -0.398 e. The van der Waals surface area contributed by atoms with Crippen LogP contribution < -0.4 is 11.0 Å². The molecule has 1 aromatic carbocycles. The summed E-state index contributed by atoms with van der Waals surface area (Å²) in [6, 6.07) is 8.06. The predicted molar refractivity (Wildman–Crippen MR) is 49.3 cm³/mol. The zero-order valence-corrected chi connectivity index (χ0v) is 7.23. The number of rotatable bonds is 1. The molecule has 0 amide bonds. The van der Waals surface area contributed by atoms with Gasteiger partial charge in [-0.25, -0.2) is 0 Å². The molecular weight excluding hydrogens is 141 g/mol. The van der Waals surface area contributed by atoms with Gasteiger partial charge in [0.1, 0.15) is 0 Å². The van der Waals surface area contributed by atoms with Crippen LogP contribution in [0.3, 0.4) is 0 Å². The molecule has 2 N–H and O–H groups in total. The van der Waals surface area contributed by atoms with Crippen molar-refractivity contribution in [1.82, 2.24) is 0 Å². The van der Waals surface area contributed by atoms with E-state index in [9.17, 15) is 0 Å². The molecule has 1 rings (SSSR count). The molecule has 10 heavy (non-hydrogen) atoms. The lowest BCUT2D eigenvalue weighted by Crippen LogP contribution is -2.05. The van der Waals surface area contributed by atoms with E-state index in [2.05, 4.69) is 19.4 Å². The molecule has 2 heteroatoms. The van der Waals surface area contributed by atoms with Gasteiger partial charge in [-0.1, -0.05) is 26.1 Å². The van der Waals surface area contributed by atoms with Gasteiger partial charge in [-0.15, -0.1) is 0 Å². The Balaban J connectivity index is 3.03. The summed E-state index contributed by atoms with van der Waals surface area (Å²) in [4.78, 5) is 0. The van der Waals surface area contributed by atoms with Crippen LogP contribution in [0.25, 0.3) is 0 Å². The lowest BCUT2D eigenvalue weighted by molar-refractivity contribution is 1.73. The van der Waals surface area contributed by atoms with Crippen LogP contribution in [-0.2, 0) is 0 Å². The molecule has 0 aliphatic rings. The van der Waals surface area contributed by atoms with Gasteiger partial charge >= 0.3 is 0 Å². The van der Waals surface area contributed by atoms with Gasteiger partial charge in [-0.2, -0.15) is 0 Å². The molecule has 1 nitrogen and oxygen atoms in total. The van der Waals surface area contributed by atoms with E-state index in [0.717, 1.165) is 5.69 Å². The lowest BCUT2D eigenvalue weighted by Gasteiger charge is -2.07. The van der Waals surface area contributed by atoms with E-state index < -0.39 is 0 Å². The van der Waals surface area contributed by atoms with E-state index >= 15 is 0 Å². The molecule has 0 heterocycles. The standard InChI is InChI=1S/C8H12NP/c1-10(2)8-6-4-3-5-7(8)9/h3-6H,9H2,1-2H3. The highest BCUT2D eigenvalue weighted by molar-refractivity contribution is 7.64. The topological polar surface area (TPSA) is 26.0 Å². The summed E-state index contributed by atoms with van der Waals surface area (Å²) in [6.45, 7) is 4.42. The van der Waals surface area contributed by atoms with Gasteiger partial charge in [0, 0.05) is 5.69 Å². The Morgan fingerprint density at radius 3 is 2.20 bits per heavy atom. The molecule has 0 unspecified atom stereocenters. The maximum Gasteiger partial charge on any atom is 0.0391 e. The van der Waals surface area contributed by atoms with Crippen molar-refractivity contribution in [3.05, 3.63) is 24.3 Å². The smallest absolute Gasteiger partial charge is 0.0391 e. The van der Waals surface area contributed by atoms with Crippen LogP contribution in [0.4, 0.5) is 5.69 Å². The Morgan fingerprint density at radius 1 is 1.20 bits per heavy atom. The van der Waals surface area contributed by atoms with Gasteiger partial charge in [0.2, 0.25) is 0 Å². The van der Waals surface area contributed by atoms with Gasteiger partial charge in [0.05, 0.1) is 0 Å². The second-order valence-electron chi connectivity index (χ2n) is 2.45. The quantitative estimate of drug-likeness (QED) is 0.481. The number of hydrogen-bond acceptors (Lipinski definition) is 1. The number of nitrogen functional groups attached to an aromatic ring is 1. The molecule has 0 radical (unpaired) electrons. The van der Waals surface area contributed by atoms with Crippen molar-refractivity contribution in [2.24, 2.45) is 0 Å². The second-order valence-corrected chi connectivity index (χ2v) is 4.72. The van der Waals surface area contributed by atoms with Crippen molar-refractivity contribution in [2.75, 3.05) is 19.1 Å². The number of hydrogen-bond donors (Lipinski definition) is 1. The Kier molecular flexibility index (Phi) is 2.29. The van der Waals surface area contributed by atoms with Crippen molar-refractivity contribution in [1.29, 1.82) is 0 Å². The Bertz CT molecular complexity index is 220. The average molecular weight is 153 g/mol. The normalized spacial score (nSPS) is 10.3. The van der Waals surface area contributed by atoms with Crippen molar-refractivity contribution in [3.8, 4) is 0 Å². The fourth-order valence-electron chi connectivity index (χ4n) is 0.895. The van der Waals surface area contributed by atoms with Gasteiger partial charge in [0.15, 0.2) is 0 Å². The van der Waals surface area contributed by atoms with Gasteiger partial charge in [0.25, 0.3) is 0 Å².